The van der Waals surface area contributed by atoms with Crippen molar-refractivity contribution in [1.29, 1.82) is 0 Å². The molecule has 2 rings (SSSR count). The Bertz CT molecular complexity index is 521. The molecule has 0 bridgehead atoms. The molecule has 1 fully saturated rings. The Morgan fingerprint density at radius 1 is 1.28 bits per heavy atom. The fraction of sp³-hybridized carbons (Fsp3) is 0.632. The first-order chi connectivity index (χ1) is 11.7. The maximum absolute atomic E-state index is 12.2. The number of hydrogen-bond acceptors (Lipinski definition) is 4. The predicted octanol–water partition coefficient (Wildman–Crippen LogP) is 2.89. The molecule has 2 atom stereocenters. The Labute approximate surface area is 157 Å². The maximum atomic E-state index is 12.2. The van der Waals surface area contributed by atoms with E-state index in [2.05, 4.69) is 16.3 Å². The van der Waals surface area contributed by atoms with Gasteiger partial charge in [-0.1, -0.05) is 38.0 Å². The lowest BCUT2D eigenvalue weighted by molar-refractivity contribution is -0.122. The van der Waals surface area contributed by atoms with Crippen LogP contribution in [-0.2, 0) is 4.79 Å². The molecule has 0 aromatic heterocycles. The fourth-order valence-electron chi connectivity index (χ4n) is 3.38. The van der Waals surface area contributed by atoms with E-state index < -0.39 is 6.04 Å². The van der Waals surface area contributed by atoms with E-state index in [9.17, 15) is 4.79 Å². The first-order valence-corrected chi connectivity index (χ1v) is 9.07. The Hall–Kier alpha value is -1.30. The van der Waals surface area contributed by atoms with Crippen molar-refractivity contribution in [3.05, 3.63) is 29.8 Å². The van der Waals surface area contributed by atoms with Gasteiger partial charge in [0.05, 0.1) is 19.2 Å². The van der Waals surface area contributed by atoms with Crippen molar-refractivity contribution in [2.45, 2.75) is 51.1 Å². The lowest BCUT2D eigenvalue weighted by Crippen LogP contribution is -2.45. The second kappa shape index (κ2) is 11.3. The first-order valence-electron chi connectivity index (χ1n) is 9.07. The largest absolute Gasteiger partial charge is 0.496 e. The third-order valence-electron chi connectivity index (χ3n) is 4.74. The number of carbonyl (C=O) groups excluding carboxylic acids is 1. The first kappa shape index (κ1) is 21.7. The van der Waals surface area contributed by atoms with E-state index >= 15 is 0 Å². The molecule has 6 heteroatoms. The molecule has 1 aromatic carbocycles. The van der Waals surface area contributed by atoms with Gasteiger partial charge < -0.3 is 15.8 Å². The van der Waals surface area contributed by atoms with Gasteiger partial charge in [0.2, 0.25) is 5.91 Å². The van der Waals surface area contributed by atoms with Crippen LogP contribution in [0.3, 0.4) is 0 Å². The Balaban J connectivity index is 0.00000312. The molecule has 2 unspecified atom stereocenters. The highest BCUT2D eigenvalue weighted by atomic mass is 35.5. The smallest absolute Gasteiger partial charge is 0.236 e. The molecule has 0 radical (unpaired) electrons. The molecule has 1 aliphatic rings. The van der Waals surface area contributed by atoms with E-state index in [0.29, 0.717) is 6.54 Å². The number of benzene rings is 1. The number of carbonyl (C=O) groups is 1. The molecule has 1 aromatic rings. The van der Waals surface area contributed by atoms with E-state index in [-0.39, 0.29) is 24.4 Å². The summed E-state index contributed by atoms with van der Waals surface area (Å²) in [4.78, 5) is 14.7. The highest BCUT2D eigenvalue weighted by molar-refractivity contribution is 5.85. The predicted molar refractivity (Wildman–Crippen MR) is 104 cm³/mol. The van der Waals surface area contributed by atoms with Crippen LogP contribution in [0.5, 0.6) is 5.75 Å². The number of rotatable bonds is 8. The van der Waals surface area contributed by atoms with Gasteiger partial charge in [-0.2, -0.15) is 0 Å². The second-order valence-corrected chi connectivity index (χ2v) is 6.49. The van der Waals surface area contributed by atoms with Crippen LogP contribution in [0.25, 0.3) is 0 Å². The van der Waals surface area contributed by atoms with Gasteiger partial charge in [-0.25, -0.2) is 0 Å². The van der Waals surface area contributed by atoms with E-state index in [4.69, 9.17) is 10.5 Å². The van der Waals surface area contributed by atoms with Crippen LogP contribution in [0.2, 0.25) is 0 Å². The van der Waals surface area contributed by atoms with Crippen molar-refractivity contribution in [3.63, 3.8) is 0 Å². The van der Waals surface area contributed by atoms with Crippen LogP contribution in [0.15, 0.2) is 24.3 Å². The monoisotopic (exact) mass is 369 g/mol. The molecule has 1 heterocycles. The fourth-order valence-corrected chi connectivity index (χ4v) is 3.38. The number of piperidine rings is 1. The van der Waals surface area contributed by atoms with E-state index in [1.54, 1.807) is 7.11 Å². The number of para-hydroxylation sites is 1. The molecule has 3 N–H and O–H groups in total. The molecule has 142 valence electrons. The lowest BCUT2D eigenvalue weighted by atomic mass is 10.0. The number of hydrogen-bond donors (Lipinski definition) is 2. The zero-order chi connectivity index (χ0) is 17.4. The maximum Gasteiger partial charge on any atom is 0.236 e. The summed E-state index contributed by atoms with van der Waals surface area (Å²) in [7, 11) is 1.70. The average Bonchev–Trinajstić information content (AvgIpc) is 2.63. The minimum absolute atomic E-state index is 0. The van der Waals surface area contributed by atoms with Gasteiger partial charge in [0, 0.05) is 12.1 Å². The average molecular weight is 370 g/mol. The molecule has 25 heavy (non-hydrogen) atoms. The number of amides is 1. The molecular weight excluding hydrogens is 338 g/mol. The van der Waals surface area contributed by atoms with Crippen molar-refractivity contribution in [3.8, 4) is 5.75 Å². The molecule has 1 saturated heterocycles. The van der Waals surface area contributed by atoms with Gasteiger partial charge in [0.25, 0.3) is 0 Å². The summed E-state index contributed by atoms with van der Waals surface area (Å²) >= 11 is 0. The van der Waals surface area contributed by atoms with Crippen LogP contribution < -0.4 is 15.8 Å². The number of nitrogens with zero attached hydrogens (tertiary/aromatic N) is 1. The molecule has 1 aliphatic heterocycles. The molecular formula is C19H32ClN3O2. The third-order valence-corrected chi connectivity index (χ3v) is 4.74. The molecule has 0 saturated carbocycles. The van der Waals surface area contributed by atoms with Crippen molar-refractivity contribution in [1.82, 2.24) is 10.2 Å². The number of ether oxygens (including phenoxy) is 1. The molecule has 1 amide bonds. The molecule has 0 aliphatic carbocycles. The van der Waals surface area contributed by atoms with Crippen molar-refractivity contribution >= 4 is 18.3 Å². The minimum Gasteiger partial charge on any atom is -0.496 e. The standard InChI is InChI=1S/C19H31N3O2.ClH/c1-3-9-16(20)19(23)21-14-17(22-12-7-4-8-13-22)15-10-5-6-11-18(15)24-2;/h5-6,10-11,16-17H,3-4,7-9,12-14,20H2,1-2H3,(H,21,23);1H. The Kier molecular flexibility index (Phi) is 9.86. The van der Waals surface area contributed by atoms with E-state index in [1.165, 1.54) is 19.3 Å². The SMILES string of the molecule is CCCC(N)C(=O)NCC(c1ccccc1OC)N1CCCCC1.Cl. The lowest BCUT2D eigenvalue weighted by Gasteiger charge is -2.35. The number of halogens is 1. The van der Waals surface area contributed by atoms with Gasteiger partial charge in [-0.3, -0.25) is 9.69 Å². The van der Waals surface area contributed by atoms with Gasteiger partial charge in [-0.05, 0) is 38.4 Å². The third kappa shape index (κ3) is 6.17. The van der Waals surface area contributed by atoms with Crippen LogP contribution in [0.4, 0.5) is 0 Å². The van der Waals surface area contributed by atoms with Crippen LogP contribution in [0.1, 0.15) is 50.6 Å². The summed E-state index contributed by atoms with van der Waals surface area (Å²) in [6.45, 7) is 4.72. The summed E-state index contributed by atoms with van der Waals surface area (Å²) < 4.78 is 5.55. The zero-order valence-corrected chi connectivity index (χ0v) is 16.2. The minimum atomic E-state index is -0.422. The quantitative estimate of drug-likeness (QED) is 0.739. The highest BCUT2D eigenvalue weighted by Crippen LogP contribution is 2.30. The van der Waals surface area contributed by atoms with E-state index in [0.717, 1.165) is 37.2 Å². The summed E-state index contributed by atoms with van der Waals surface area (Å²) in [5.74, 6) is 0.814. The Morgan fingerprint density at radius 2 is 1.96 bits per heavy atom. The zero-order valence-electron chi connectivity index (χ0n) is 15.4. The number of likely N-dealkylation sites (tertiary alicyclic amines) is 1. The number of nitrogens with one attached hydrogen (secondary N) is 1. The van der Waals surface area contributed by atoms with Gasteiger partial charge in [0.1, 0.15) is 5.75 Å². The van der Waals surface area contributed by atoms with Crippen LogP contribution in [-0.4, -0.2) is 43.6 Å². The number of methoxy groups -OCH3 is 1. The summed E-state index contributed by atoms with van der Waals surface area (Å²) in [6.07, 6.45) is 5.32. The highest BCUT2D eigenvalue weighted by Gasteiger charge is 2.26. The summed E-state index contributed by atoms with van der Waals surface area (Å²) in [5.41, 5.74) is 7.07. The molecule has 0 spiro atoms. The topological polar surface area (TPSA) is 67.6 Å². The molecule has 5 nitrogen and oxygen atoms in total. The van der Waals surface area contributed by atoms with E-state index in [1.807, 2.05) is 25.1 Å². The van der Waals surface area contributed by atoms with Crippen LogP contribution in [0, 0.1) is 0 Å². The van der Waals surface area contributed by atoms with Gasteiger partial charge in [0.15, 0.2) is 0 Å². The van der Waals surface area contributed by atoms with Crippen molar-refractivity contribution in [2.24, 2.45) is 5.73 Å². The van der Waals surface area contributed by atoms with Gasteiger partial charge in [-0.15, -0.1) is 12.4 Å². The number of nitrogens with two attached hydrogens (primary N) is 1. The van der Waals surface area contributed by atoms with Crippen LogP contribution >= 0.6 is 12.4 Å². The van der Waals surface area contributed by atoms with Gasteiger partial charge >= 0.3 is 0 Å². The summed E-state index contributed by atoms with van der Waals surface area (Å²) in [5, 5.41) is 3.05. The summed E-state index contributed by atoms with van der Waals surface area (Å²) in [6, 6.07) is 7.78. The Morgan fingerprint density at radius 3 is 2.60 bits per heavy atom. The normalized spacial score (nSPS) is 17.2. The van der Waals surface area contributed by atoms with Crippen molar-refractivity contribution in [2.75, 3.05) is 26.7 Å². The second-order valence-electron chi connectivity index (χ2n) is 6.49. The van der Waals surface area contributed by atoms with Crippen molar-refractivity contribution < 1.29 is 9.53 Å².